The second kappa shape index (κ2) is 8.84. The number of hydrogen-bond acceptors (Lipinski definition) is 5. The van der Waals surface area contributed by atoms with Crippen molar-refractivity contribution in [3.05, 3.63) is 53.1 Å². The van der Waals surface area contributed by atoms with E-state index in [-0.39, 0.29) is 42.3 Å². The average Bonchev–Trinajstić information content (AvgIpc) is 3.55. The van der Waals surface area contributed by atoms with Crippen molar-refractivity contribution in [1.82, 2.24) is 4.90 Å². The zero-order valence-corrected chi connectivity index (χ0v) is 21.6. The van der Waals surface area contributed by atoms with Gasteiger partial charge >= 0.3 is 5.97 Å². The second-order valence-electron chi connectivity index (χ2n) is 10.7. The number of halogens is 2. The van der Waals surface area contributed by atoms with E-state index in [4.69, 9.17) is 9.47 Å². The van der Waals surface area contributed by atoms with Gasteiger partial charge in [0.2, 0.25) is 5.91 Å². The standard InChI is InChI=1S/C26H30F2N2O5Si/c1-34-18-4-5-19-16(10-18)6-7-30-22(31)8-15(9-23(32)33)13-36(2,3)24-20(27)11-17(12-21(24)28)29-26(14-35-26)25(19)30/h4-5,10-12,15,25,29H,6-9,13-14H2,1-3H3,(H,32,33)/t15-,25+,26?/m0/s1. The first kappa shape index (κ1) is 24.7. The minimum absolute atomic E-state index is 0.0126. The molecule has 0 saturated carbocycles. The van der Waals surface area contributed by atoms with Crippen molar-refractivity contribution < 1.29 is 33.0 Å². The predicted octanol–water partition coefficient (Wildman–Crippen LogP) is 3.65. The van der Waals surface area contributed by atoms with Crippen LogP contribution in [0.5, 0.6) is 5.75 Å². The second-order valence-corrected chi connectivity index (χ2v) is 15.4. The lowest BCUT2D eigenvalue weighted by molar-refractivity contribution is -0.139. The number of benzene rings is 2. The molecule has 1 saturated heterocycles. The first-order valence-corrected chi connectivity index (χ1v) is 15.3. The highest BCUT2D eigenvalue weighted by Crippen LogP contribution is 2.48. The number of ether oxygens (including phenoxy) is 2. The van der Waals surface area contributed by atoms with Gasteiger partial charge in [-0.25, -0.2) is 8.78 Å². The van der Waals surface area contributed by atoms with Crippen LogP contribution in [0.4, 0.5) is 14.5 Å². The Bertz CT molecular complexity index is 1210. The van der Waals surface area contributed by atoms with Gasteiger partial charge < -0.3 is 24.8 Å². The Hall–Kier alpha value is -2.98. The molecule has 36 heavy (non-hydrogen) atoms. The number of amides is 1. The summed E-state index contributed by atoms with van der Waals surface area (Å²) in [6.07, 6.45) is 0.350. The quantitative estimate of drug-likeness (QED) is 0.478. The van der Waals surface area contributed by atoms with E-state index in [1.54, 1.807) is 12.0 Å². The minimum Gasteiger partial charge on any atom is -0.497 e. The average molecular weight is 517 g/mol. The van der Waals surface area contributed by atoms with Crippen molar-refractivity contribution in [2.45, 2.75) is 50.2 Å². The first-order chi connectivity index (χ1) is 17.0. The van der Waals surface area contributed by atoms with Crippen molar-refractivity contribution >= 4 is 30.8 Å². The zero-order chi connectivity index (χ0) is 25.8. The molecule has 1 spiro atoms. The van der Waals surface area contributed by atoms with Crippen molar-refractivity contribution in [3.63, 3.8) is 0 Å². The Morgan fingerprint density at radius 3 is 2.58 bits per heavy atom. The van der Waals surface area contributed by atoms with Crippen molar-refractivity contribution in [2.24, 2.45) is 5.92 Å². The summed E-state index contributed by atoms with van der Waals surface area (Å²) in [5.41, 5.74) is 1.07. The van der Waals surface area contributed by atoms with Gasteiger partial charge in [0.25, 0.3) is 0 Å². The molecule has 6 rings (SSSR count). The summed E-state index contributed by atoms with van der Waals surface area (Å²) in [5, 5.41) is 12.8. The molecule has 7 nitrogen and oxygen atoms in total. The third-order valence-corrected chi connectivity index (χ3v) is 11.0. The van der Waals surface area contributed by atoms with Crippen molar-refractivity contribution in [3.8, 4) is 5.75 Å². The monoisotopic (exact) mass is 516 g/mol. The molecule has 2 aromatic carbocycles. The van der Waals surface area contributed by atoms with E-state index in [0.717, 1.165) is 11.1 Å². The molecule has 1 unspecified atom stereocenters. The largest absolute Gasteiger partial charge is 0.497 e. The van der Waals surface area contributed by atoms with Gasteiger partial charge in [-0.15, -0.1) is 0 Å². The molecule has 4 aliphatic heterocycles. The van der Waals surface area contributed by atoms with E-state index in [0.29, 0.717) is 18.7 Å². The zero-order valence-electron chi connectivity index (χ0n) is 20.6. The number of carbonyl (C=O) groups is 2. The van der Waals surface area contributed by atoms with Gasteiger partial charge in [0.15, 0.2) is 5.72 Å². The van der Waals surface area contributed by atoms with E-state index in [1.807, 2.05) is 31.3 Å². The van der Waals surface area contributed by atoms with Crippen molar-refractivity contribution in [2.75, 3.05) is 25.6 Å². The van der Waals surface area contributed by atoms with Crippen LogP contribution in [-0.2, 0) is 20.7 Å². The van der Waals surface area contributed by atoms with E-state index < -0.39 is 43.4 Å². The maximum absolute atomic E-state index is 15.4. The third kappa shape index (κ3) is 4.36. The highest BCUT2D eigenvalue weighted by Gasteiger charge is 2.57. The number of nitrogens with one attached hydrogen (secondary N) is 1. The Kier molecular flexibility index (Phi) is 6.07. The van der Waals surface area contributed by atoms with Gasteiger partial charge in [-0.05, 0) is 53.8 Å². The van der Waals surface area contributed by atoms with Gasteiger partial charge in [0.1, 0.15) is 23.4 Å². The number of methoxy groups -OCH3 is 1. The van der Waals surface area contributed by atoms with Crippen LogP contribution >= 0.6 is 0 Å². The van der Waals surface area contributed by atoms with Crippen molar-refractivity contribution in [1.29, 1.82) is 0 Å². The summed E-state index contributed by atoms with van der Waals surface area (Å²) >= 11 is 0. The van der Waals surface area contributed by atoms with Crippen LogP contribution in [0.3, 0.4) is 0 Å². The minimum atomic E-state index is -2.78. The van der Waals surface area contributed by atoms with Gasteiger partial charge in [0, 0.05) is 30.3 Å². The predicted molar refractivity (Wildman–Crippen MR) is 132 cm³/mol. The van der Waals surface area contributed by atoms with E-state index in [2.05, 4.69) is 5.32 Å². The number of epoxide rings is 1. The summed E-state index contributed by atoms with van der Waals surface area (Å²) < 4.78 is 42.0. The normalized spacial score (nSPS) is 26.7. The van der Waals surface area contributed by atoms with Crippen LogP contribution in [0, 0.1) is 17.6 Å². The number of anilines is 1. The fourth-order valence-electron chi connectivity index (χ4n) is 6.07. The molecule has 0 radical (unpaired) electrons. The summed E-state index contributed by atoms with van der Waals surface area (Å²) in [5.74, 6) is -2.37. The number of fused-ring (bicyclic) bond motifs is 7. The molecular formula is C26H30F2N2O5Si. The molecule has 1 amide bonds. The number of carbonyl (C=O) groups excluding carboxylic acids is 1. The number of hydrogen-bond donors (Lipinski definition) is 2. The molecular weight excluding hydrogens is 486 g/mol. The fraction of sp³-hybridized carbons (Fsp3) is 0.462. The molecule has 10 heteroatoms. The van der Waals surface area contributed by atoms with E-state index >= 15 is 8.78 Å². The van der Waals surface area contributed by atoms with Crippen LogP contribution < -0.4 is 15.2 Å². The number of carboxylic acids is 1. The molecule has 2 aromatic rings. The Morgan fingerprint density at radius 2 is 1.97 bits per heavy atom. The Morgan fingerprint density at radius 1 is 1.28 bits per heavy atom. The molecule has 3 atom stereocenters. The third-order valence-electron chi connectivity index (χ3n) is 7.60. The summed E-state index contributed by atoms with van der Waals surface area (Å²) in [7, 11) is -1.19. The molecule has 2 N–H and O–H groups in total. The number of carboxylic acid groups (broad SMARTS) is 1. The smallest absolute Gasteiger partial charge is 0.303 e. The van der Waals surface area contributed by atoms with E-state index in [9.17, 15) is 14.7 Å². The van der Waals surface area contributed by atoms with Gasteiger partial charge in [0.05, 0.1) is 21.8 Å². The SMILES string of the molecule is COc1ccc2c(c1)CCN1C(=O)C[C@@H](CC(=O)O)C[Si](C)(C)c3c(F)cc(cc3F)NC3(CO3)[C@@H]21. The maximum atomic E-state index is 15.4. The Labute approximate surface area is 209 Å². The molecule has 0 aromatic heterocycles. The van der Waals surface area contributed by atoms with Gasteiger partial charge in [-0.2, -0.15) is 0 Å². The van der Waals surface area contributed by atoms with E-state index in [1.165, 1.54) is 12.1 Å². The van der Waals surface area contributed by atoms with Crippen LogP contribution in [0.1, 0.15) is 30.0 Å². The number of nitrogens with zero attached hydrogens (tertiary/aromatic N) is 1. The molecule has 0 aliphatic carbocycles. The summed E-state index contributed by atoms with van der Waals surface area (Å²) in [4.78, 5) is 27.2. The lowest BCUT2D eigenvalue weighted by Crippen LogP contribution is -2.50. The summed E-state index contributed by atoms with van der Waals surface area (Å²) in [6, 6.07) is 7.94. The highest BCUT2D eigenvalue weighted by molar-refractivity contribution is 6.90. The lowest BCUT2D eigenvalue weighted by atomic mass is 9.87. The Balaban J connectivity index is 1.65. The number of aliphatic carboxylic acids is 1. The maximum Gasteiger partial charge on any atom is 0.303 e. The first-order valence-electron chi connectivity index (χ1n) is 12.1. The van der Waals surface area contributed by atoms with Crippen LogP contribution in [0.2, 0.25) is 19.1 Å². The molecule has 4 heterocycles. The van der Waals surface area contributed by atoms with Crippen LogP contribution in [0.25, 0.3) is 0 Å². The van der Waals surface area contributed by atoms with Crippen LogP contribution in [-0.4, -0.2) is 55.9 Å². The van der Waals surface area contributed by atoms with Gasteiger partial charge in [-0.3, -0.25) is 9.59 Å². The molecule has 4 aliphatic rings. The number of rotatable bonds is 3. The molecule has 1 fully saturated rings. The molecule has 2 bridgehead atoms. The highest BCUT2D eigenvalue weighted by atomic mass is 28.3. The summed E-state index contributed by atoms with van der Waals surface area (Å²) in [6.45, 7) is 4.30. The topological polar surface area (TPSA) is 91.4 Å². The lowest BCUT2D eigenvalue weighted by Gasteiger charge is -2.41. The molecule has 192 valence electrons. The fourth-order valence-corrected chi connectivity index (χ4v) is 9.44. The van der Waals surface area contributed by atoms with Gasteiger partial charge in [-0.1, -0.05) is 19.2 Å². The van der Waals surface area contributed by atoms with Crippen LogP contribution in [0.15, 0.2) is 30.3 Å².